The molecule has 3 rings (SSSR count). The van der Waals surface area contributed by atoms with Crippen molar-refractivity contribution in [1.29, 1.82) is 0 Å². The van der Waals surface area contributed by atoms with Crippen molar-refractivity contribution in [3.63, 3.8) is 0 Å². The summed E-state index contributed by atoms with van der Waals surface area (Å²) in [6.45, 7) is 6.46. The molecule has 1 heterocycles. The van der Waals surface area contributed by atoms with Gasteiger partial charge in [0.2, 0.25) is 0 Å². The van der Waals surface area contributed by atoms with Crippen LogP contribution in [0.5, 0.6) is 5.75 Å². The predicted octanol–water partition coefficient (Wildman–Crippen LogP) is 5.25. The maximum Gasteiger partial charge on any atom is 0.416 e. The highest BCUT2D eigenvalue weighted by atomic mass is 19.4. The fourth-order valence-corrected chi connectivity index (χ4v) is 3.69. The van der Waals surface area contributed by atoms with Crippen LogP contribution >= 0.6 is 0 Å². The molecular formula is C25H28F3N3O3. The monoisotopic (exact) mass is 475 g/mol. The Morgan fingerprint density at radius 3 is 2.38 bits per heavy atom. The molecule has 1 unspecified atom stereocenters. The molecule has 3 aromatic rings. The summed E-state index contributed by atoms with van der Waals surface area (Å²) in [4.78, 5) is 11.4. The summed E-state index contributed by atoms with van der Waals surface area (Å²) in [5, 5.41) is 16.9. The van der Waals surface area contributed by atoms with Gasteiger partial charge in [0, 0.05) is 24.4 Å². The molecule has 0 radical (unpaired) electrons. The molecule has 0 saturated carbocycles. The van der Waals surface area contributed by atoms with E-state index >= 15 is 0 Å². The van der Waals surface area contributed by atoms with Gasteiger partial charge in [-0.3, -0.25) is 0 Å². The van der Waals surface area contributed by atoms with Gasteiger partial charge in [-0.2, -0.15) is 18.3 Å². The van der Waals surface area contributed by atoms with Crippen LogP contribution in [0.3, 0.4) is 0 Å². The van der Waals surface area contributed by atoms with E-state index in [9.17, 15) is 23.1 Å². The number of alkyl halides is 3. The van der Waals surface area contributed by atoms with Crippen LogP contribution in [0.4, 0.5) is 13.2 Å². The lowest BCUT2D eigenvalue weighted by molar-refractivity contribution is -0.152. The Morgan fingerprint density at radius 1 is 1.12 bits per heavy atom. The first-order valence-electron chi connectivity index (χ1n) is 10.7. The minimum atomic E-state index is -4.40. The highest BCUT2D eigenvalue weighted by Gasteiger charge is 2.31. The summed E-state index contributed by atoms with van der Waals surface area (Å²) in [6.07, 6.45) is -2.26. The lowest BCUT2D eigenvalue weighted by Crippen LogP contribution is -2.38. The SMILES string of the molecule is CNC(Cc1ccnn1-c1ccc(C(F)(F)F)cc1C)c1ccc(OC(C)(C)C(=O)O)c(C)c1. The Hall–Kier alpha value is -3.33. The van der Waals surface area contributed by atoms with E-state index in [0.29, 0.717) is 23.4 Å². The van der Waals surface area contributed by atoms with Crippen LogP contribution in [0.25, 0.3) is 5.69 Å². The molecule has 182 valence electrons. The Balaban J connectivity index is 1.86. The molecule has 0 aliphatic carbocycles. The molecule has 0 fully saturated rings. The largest absolute Gasteiger partial charge is 0.478 e. The van der Waals surface area contributed by atoms with E-state index < -0.39 is 23.3 Å². The van der Waals surface area contributed by atoms with Gasteiger partial charge in [-0.1, -0.05) is 12.1 Å². The van der Waals surface area contributed by atoms with Crippen molar-refractivity contribution < 1.29 is 27.8 Å². The number of likely N-dealkylation sites (N-methyl/N-ethyl adjacent to an activating group) is 1. The van der Waals surface area contributed by atoms with Crippen molar-refractivity contribution in [2.24, 2.45) is 0 Å². The first-order chi connectivity index (χ1) is 15.8. The number of carboxylic acid groups (broad SMARTS) is 1. The van der Waals surface area contributed by atoms with Gasteiger partial charge >= 0.3 is 12.1 Å². The van der Waals surface area contributed by atoms with E-state index in [1.54, 1.807) is 23.9 Å². The number of nitrogens with zero attached hydrogens (tertiary/aromatic N) is 2. The second kappa shape index (κ2) is 9.50. The first-order valence-corrected chi connectivity index (χ1v) is 10.7. The molecule has 0 amide bonds. The molecule has 1 aromatic heterocycles. The Labute approximate surface area is 196 Å². The zero-order valence-corrected chi connectivity index (χ0v) is 19.7. The standard InChI is InChI=1S/C25H28F3N3O3/c1-15-13-18(25(26,27)28)7-8-21(15)31-19(10-11-30-31)14-20(29-5)17-6-9-22(16(2)12-17)34-24(3,4)23(32)33/h6-13,20,29H,14H2,1-5H3,(H,32,33). The van der Waals surface area contributed by atoms with Crippen LogP contribution in [0.15, 0.2) is 48.7 Å². The number of carbonyl (C=O) groups is 1. The number of rotatable bonds is 8. The van der Waals surface area contributed by atoms with Gasteiger partial charge in [0.1, 0.15) is 5.75 Å². The van der Waals surface area contributed by atoms with E-state index in [1.807, 2.05) is 32.2 Å². The number of halogens is 3. The molecule has 9 heteroatoms. The lowest BCUT2D eigenvalue weighted by atomic mass is 9.99. The van der Waals surface area contributed by atoms with Gasteiger partial charge in [0.05, 0.1) is 11.3 Å². The molecule has 0 spiro atoms. The van der Waals surface area contributed by atoms with E-state index in [2.05, 4.69) is 10.4 Å². The third kappa shape index (κ3) is 5.41. The van der Waals surface area contributed by atoms with Crippen LogP contribution in [-0.4, -0.2) is 33.5 Å². The molecule has 2 N–H and O–H groups in total. The van der Waals surface area contributed by atoms with E-state index in [4.69, 9.17) is 4.74 Å². The number of aryl methyl sites for hydroxylation is 2. The highest BCUT2D eigenvalue weighted by molar-refractivity contribution is 5.76. The number of aliphatic carboxylic acids is 1. The molecule has 0 aliphatic rings. The van der Waals surface area contributed by atoms with Crippen molar-refractivity contribution in [2.75, 3.05) is 7.05 Å². The number of ether oxygens (including phenoxy) is 1. The lowest BCUT2D eigenvalue weighted by Gasteiger charge is -2.24. The van der Waals surface area contributed by atoms with Gasteiger partial charge in [0.15, 0.2) is 5.60 Å². The summed E-state index contributed by atoms with van der Waals surface area (Å²) < 4.78 is 46.5. The average Bonchev–Trinajstić information content (AvgIpc) is 3.20. The van der Waals surface area contributed by atoms with Crippen LogP contribution in [0.2, 0.25) is 0 Å². The normalized spacial score (nSPS) is 13.1. The van der Waals surface area contributed by atoms with Crippen LogP contribution in [-0.2, 0) is 17.4 Å². The number of hydrogen-bond donors (Lipinski definition) is 2. The number of carboxylic acids is 1. The van der Waals surface area contributed by atoms with E-state index in [-0.39, 0.29) is 6.04 Å². The zero-order valence-electron chi connectivity index (χ0n) is 19.7. The van der Waals surface area contributed by atoms with Crippen LogP contribution < -0.4 is 10.1 Å². The molecule has 1 atom stereocenters. The Morgan fingerprint density at radius 2 is 1.82 bits per heavy atom. The van der Waals surface area contributed by atoms with Crippen molar-refractivity contribution in [3.05, 3.63) is 76.6 Å². The van der Waals surface area contributed by atoms with Crippen LogP contribution in [0.1, 0.15) is 47.8 Å². The number of aromatic nitrogens is 2. The second-order valence-electron chi connectivity index (χ2n) is 8.72. The molecule has 34 heavy (non-hydrogen) atoms. The molecule has 0 bridgehead atoms. The fraction of sp³-hybridized carbons (Fsp3) is 0.360. The summed E-state index contributed by atoms with van der Waals surface area (Å²) >= 11 is 0. The maximum atomic E-state index is 13.0. The average molecular weight is 476 g/mol. The molecular weight excluding hydrogens is 447 g/mol. The topological polar surface area (TPSA) is 76.4 Å². The minimum absolute atomic E-state index is 0.120. The van der Waals surface area contributed by atoms with Crippen molar-refractivity contribution in [2.45, 2.75) is 51.9 Å². The highest BCUT2D eigenvalue weighted by Crippen LogP contribution is 2.32. The fourth-order valence-electron chi connectivity index (χ4n) is 3.69. The van der Waals surface area contributed by atoms with Crippen molar-refractivity contribution in [1.82, 2.24) is 15.1 Å². The van der Waals surface area contributed by atoms with Gasteiger partial charge < -0.3 is 15.2 Å². The summed E-state index contributed by atoms with van der Waals surface area (Å²) in [5.41, 5.74) is 1.57. The Bertz CT molecular complexity index is 1190. The van der Waals surface area contributed by atoms with Crippen LogP contribution in [0, 0.1) is 13.8 Å². The predicted molar refractivity (Wildman–Crippen MR) is 122 cm³/mol. The molecule has 6 nitrogen and oxygen atoms in total. The zero-order chi connectivity index (χ0) is 25.3. The van der Waals surface area contributed by atoms with Gasteiger partial charge in [-0.15, -0.1) is 0 Å². The Kier molecular flexibility index (Phi) is 7.07. The summed E-state index contributed by atoms with van der Waals surface area (Å²) in [5.74, 6) is -0.577. The third-order valence-electron chi connectivity index (χ3n) is 5.72. The van der Waals surface area contributed by atoms with Crippen molar-refractivity contribution in [3.8, 4) is 11.4 Å². The van der Waals surface area contributed by atoms with Gasteiger partial charge in [0.25, 0.3) is 0 Å². The smallest absolute Gasteiger partial charge is 0.416 e. The van der Waals surface area contributed by atoms with E-state index in [1.165, 1.54) is 19.9 Å². The molecule has 2 aromatic carbocycles. The molecule has 0 aliphatic heterocycles. The number of hydrogen-bond acceptors (Lipinski definition) is 4. The second-order valence-corrected chi connectivity index (χ2v) is 8.72. The maximum absolute atomic E-state index is 13.0. The van der Waals surface area contributed by atoms with Gasteiger partial charge in [-0.25, -0.2) is 9.48 Å². The first kappa shape index (κ1) is 25.3. The number of nitrogens with one attached hydrogen (secondary N) is 1. The molecule has 0 saturated heterocycles. The minimum Gasteiger partial charge on any atom is -0.478 e. The summed E-state index contributed by atoms with van der Waals surface area (Å²) in [6, 6.07) is 10.9. The quantitative estimate of drug-likeness (QED) is 0.465. The third-order valence-corrected chi connectivity index (χ3v) is 5.72. The number of benzene rings is 2. The van der Waals surface area contributed by atoms with Crippen molar-refractivity contribution >= 4 is 5.97 Å². The van der Waals surface area contributed by atoms with Gasteiger partial charge in [-0.05, 0) is 81.8 Å². The van der Waals surface area contributed by atoms with E-state index in [0.717, 1.165) is 29.0 Å². The summed E-state index contributed by atoms with van der Waals surface area (Å²) in [7, 11) is 1.82.